The number of hydrogen-bond acceptors (Lipinski definition) is 2. The van der Waals surface area contributed by atoms with E-state index in [2.05, 4.69) is 5.32 Å². The Hall–Kier alpha value is -1.91. The summed E-state index contributed by atoms with van der Waals surface area (Å²) in [7, 11) is 0. The van der Waals surface area contributed by atoms with E-state index in [0.717, 1.165) is 0 Å². The number of nitrogens with one attached hydrogen (secondary N) is 1. The van der Waals surface area contributed by atoms with Gasteiger partial charge in [-0.2, -0.15) is 0 Å². The minimum atomic E-state index is -0.952. The molecule has 1 aromatic rings. The van der Waals surface area contributed by atoms with Crippen LogP contribution in [0.3, 0.4) is 0 Å². The molecule has 1 fully saturated rings. The number of rotatable bonds is 1. The minimum absolute atomic E-state index is 0.203. The van der Waals surface area contributed by atoms with Gasteiger partial charge in [-0.05, 0) is 51.5 Å². The molecule has 2 rings (SSSR count). The fraction of sp³-hybridized carbons (Fsp3) is 0.429. The van der Waals surface area contributed by atoms with Crippen molar-refractivity contribution in [1.82, 2.24) is 5.32 Å². The minimum Gasteiger partial charge on any atom is -0.340 e. The Balaban J connectivity index is 2.48. The van der Waals surface area contributed by atoms with Crippen molar-refractivity contribution in [3.05, 3.63) is 29.6 Å². The third-order valence-corrected chi connectivity index (χ3v) is 3.38. The molecule has 1 saturated heterocycles. The number of halogens is 1. The fourth-order valence-electron chi connectivity index (χ4n) is 2.18. The quantitative estimate of drug-likeness (QED) is 0.840. The van der Waals surface area contributed by atoms with Gasteiger partial charge in [-0.15, -0.1) is 0 Å². The molecule has 102 valence electrons. The summed E-state index contributed by atoms with van der Waals surface area (Å²) in [5, 5.41) is 2.68. The van der Waals surface area contributed by atoms with Gasteiger partial charge >= 0.3 is 0 Å². The van der Waals surface area contributed by atoms with Crippen LogP contribution in [-0.2, 0) is 9.59 Å². The predicted octanol–water partition coefficient (Wildman–Crippen LogP) is 1.76. The zero-order chi connectivity index (χ0) is 14.4. The summed E-state index contributed by atoms with van der Waals surface area (Å²) in [5.74, 6) is -0.748. The summed E-state index contributed by atoms with van der Waals surface area (Å²) >= 11 is 0. The Labute approximate surface area is 111 Å². The van der Waals surface area contributed by atoms with Crippen molar-refractivity contribution >= 4 is 17.5 Å². The lowest BCUT2D eigenvalue weighted by atomic mass is 9.96. The van der Waals surface area contributed by atoms with Crippen molar-refractivity contribution in [3.8, 4) is 0 Å². The molecule has 0 spiro atoms. The summed E-state index contributed by atoms with van der Waals surface area (Å²) in [4.78, 5) is 25.8. The third-order valence-electron chi connectivity index (χ3n) is 3.38. The van der Waals surface area contributed by atoms with E-state index in [-0.39, 0.29) is 17.6 Å². The maximum absolute atomic E-state index is 13.3. The smallest absolute Gasteiger partial charge is 0.252 e. The van der Waals surface area contributed by atoms with E-state index in [0.29, 0.717) is 11.3 Å². The van der Waals surface area contributed by atoms with Crippen LogP contribution in [0.2, 0.25) is 0 Å². The van der Waals surface area contributed by atoms with Crippen molar-refractivity contribution in [1.29, 1.82) is 0 Å². The van der Waals surface area contributed by atoms with Gasteiger partial charge in [0.1, 0.15) is 17.4 Å². The SMILES string of the molecule is Cc1cc(N2C(=O)C(C)(C)NC(=O)C2C)ccc1F. The normalized spacial score (nSPS) is 22.4. The van der Waals surface area contributed by atoms with Crippen LogP contribution in [0.25, 0.3) is 0 Å². The molecule has 0 saturated carbocycles. The topological polar surface area (TPSA) is 49.4 Å². The van der Waals surface area contributed by atoms with Crippen LogP contribution in [0.15, 0.2) is 18.2 Å². The van der Waals surface area contributed by atoms with Gasteiger partial charge in [0.25, 0.3) is 5.91 Å². The van der Waals surface area contributed by atoms with Crippen LogP contribution < -0.4 is 10.2 Å². The number of carbonyl (C=O) groups is 2. The molecule has 0 radical (unpaired) electrons. The number of aryl methyl sites for hydroxylation is 1. The number of benzene rings is 1. The van der Waals surface area contributed by atoms with E-state index in [1.54, 1.807) is 33.8 Å². The average Bonchev–Trinajstić information content (AvgIpc) is 2.31. The highest BCUT2D eigenvalue weighted by atomic mass is 19.1. The van der Waals surface area contributed by atoms with Crippen LogP contribution in [0.5, 0.6) is 0 Å². The standard InChI is InChI=1S/C14H17FN2O2/c1-8-7-10(5-6-11(8)15)17-9(2)12(18)16-14(3,4)13(17)19/h5-7,9H,1-4H3,(H,16,18). The number of piperazine rings is 1. The van der Waals surface area contributed by atoms with Crippen LogP contribution in [0.1, 0.15) is 26.3 Å². The molecule has 1 unspecified atom stereocenters. The van der Waals surface area contributed by atoms with Crippen molar-refractivity contribution in [2.24, 2.45) is 0 Å². The van der Waals surface area contributed by atoms with Gasteiger partial charge in [-0.3, -0.25) is 14.5 Å². The van der Waals surface area contributed by atoms with Crippen LogP contribution in [-0.4, -0.2) is 23.4 Å². The Morgan fingerprint density at radius 2 is 1.95 bits per heavy atom. The zero-order valence-electron chi connectivity index (χ0n) is 11.5. The van der Waals surface area contributed by atoms with Gasteiger partial charge < -0.3 is 5.32 Å². The van der Waals surface area contributed by atoms with E-state index >= 15 is 0 Å². The molecular formula is C14H17FN2O2. The molecule has 4 nitrogen and oxygen atoms in total. The molecule has 19 heavy (non-hydrogen) atoms. The van der Waals surface area contributed by atoms with Crippen molar-refractivity contribution < 1.29 is 14.0 Å². The van der Waals surface area contributed by atoms with Gasteiger partial charge in [-0.1, -0.05) is 0 Å². The second-order valence-electron chi connectivity index (χ2n) is 5.40. The molecule has 1 heterocycles. The molecule has 1 atom stereocenters. The molecular weight excluding hydrogens is 247 g/mol. The van der Waals surface area contributed by atoms with E-state index in [9.17, 15) is 14.0 Å². The van der Waals surface area contributed by atoms with Crippen molar-refractivity contribution in [2.75, 3.05) is 4.90 Å². The van der Waals surface area contributed by atoms with Gasteiger partial charge in [0, 0.05) is 5.69 Å². The highest BCUT2D eigenvalue weighted by Crippen LogP contribution is 2.26. The molecule has 0 aromatic heterocycles. The molecule has 1 aromatic carbocycles. The summed E-state index contributed by atoms with van der Waals surface area (Å²) in [6.45, 7) is 6.59. The van der Waals surface area contributed by atoms with E-state index in [1.807, 2.05) is 0 Å². The highest BCUT2D eigenvalue weighted by molar-refractivity contribution is 6.10. The molecule has 1 aliphatic heterocycles. The van der Waals surface area contributed by atoms with Gasteiger partial charge in [-0.25, -0.2) is 4.39 Å². The third kappa shape index (κ3) is 2.20. The second kappa shape index (κ2) is 4.33. The zero-order valence-corrected chi connectivity index (χ0v) is 11.5. The number of hydrogen-bond donors (Lipinski definition) is 1. The number of carbonyl (C=O) groups excluding carboxylic acids is 2. The van der Waals surface area contributed by atoms with Crippen molar-refractivity contribution in [3.63, 3.8) is 0 Å². The molecule has 1 N–H and O–H groups in total. The summed E-state index contributed by atoms with van der Waals surface area (Å²) in [5.41, 5.74) is 0.0342. The highest BCUT2D eigenvalue weighted by Gasteiger charge is 2.44. The molecule has 1 aliphatic rings. The maximum atomic E-state index is 13.3. The lowest BCUT2D eigenvalue weighted by Gasteiger charge is -2.41. The maximum Gasteiger partial charge on any atom is 0.252 e. The average molecular weight is 264 g/mol. The first-order chi connectivity index (χ1) is 8.74. The summed E-state index contributed by atoms with van der Waals surface area (Å²) < 4.78 is 13.3. The lowest BCUT2D eigenvalue weighted by Crippen LogP contribution is -2.67. The van der Waals surface area contributed by atoms with E-state index < -0.39 is 11.6 Å². The Morgan fingerprint density at radius 3 is 2.53 bits per heavy atom. The largest absolute Gasteiger partial charge is 0.340 e. The Bertz CT molecular complexity index is 554. The fourth-order valence-corrected chi connectivity index (χ4v) is 2.18. The van der Waals surface area contributed by atoms with E-state index in [1.165, 1.54) is 17.0 Å². The number of nitrogens with zero attached hydrogens (tertiary/aromatic N) is 1. The number of anilines is 1. The molecule has 5 heteroatoms. The van der Waals surface area contributed by atoms with Gasteiger partial charge in [0.2, 0.25) is 5.91 Å². The summed E-state index contributed by atoms with van der Waals surface area (Å²) in [6.07, 6.45) is 0. The van der Waals surface area contributed by atoms with Crippen LogP contribution in [0, 0.1) is 12.7 Å². The first-order valence-corrected chi connectivity index (χ1v) is 6.16. The van der Waals surface area contributed by atoms with Crippen LogP contribution >= 0.6 is 0 Å². The molecule has 0 bridgehead atoms. The first kappa shape index (κ1) is 13.5. The molecule has 2 amide bonds. The first-order valence-electron chi connectivity index (χ1n) is 6.16. The van der Waals surface area contributed by atoms with Gasteiger partial charge in [0.15, 0.2) is 0 Å². The summed E-state index contributed by atoms with van der Waals surface area (Å²) in [6, 6.07) is 3.80. The lowest BCUT2D eigenvalue weighted by molar-refractivity contribution is -0.136. The number of amides is 2. The predicted molar refractivity (Wildman–Crippen MR) is 70.3 cm³/mol. The van der Waals surface area contributed by atoms with E-state index in [4.69, 9.17) is 0 Å². The Kier molecular flexibility index (Phi) is 3.08. The van der Waals surface area contributed by atoms with Gasteiger partial charge in [0.05, 0.1) is 0 Å². The second-order valence-corrected chi connectivity index (χ2v) is 5.40. The van der Waals surface area contributed by atoms with Crippen molar-refractivity contribution in [2.45, 2.75) is 39.3 Å². The molecule has 0 aliphatic carbocycles. The van der Waals surface area contributed by atoms with Crippen LogP contribution in [0.4, 0.5) is 10.1 Å². The Morgan fingerprint density at radius 1 is 1.32 bits per heavy atom. The monoisotopic (exact) mass is 264 g/mol.